The van der Waals surface area contributed by atoms with Crippen LogP contribution in [0.4, 0.5) is 10.5 Å². The van der Waals surface area contributed by atoms with Gasteiger partial charge in [-0.05, 0) is 18.2 Å². The van der Waals surface area contributed by atoms with Crippen molar-refractivity contribution in [3.8, 4) is 0 Å². The maximum absolute atomic E-state index is 12.0. The number of hydrogen-bond donors (Lipinski definition) is 2. The van der Waals surface area contributed by atoms with Crippen molar-refractivity contribution in [3.63, 3.8) is 0 Å². The molecule has 1 aromatic carbocycles. The summed E-state index contributed by atoms with van der Waals surface area (Å²) in [7, 11) is 1.27. The molecule has 9 heteroatoms. The van der Waals surface area contributed by atoms with E-state index in [1.54, 1.807) is 4.90 Å². The summed E-state index contributed by atoms with van der Waals surface area (Å²) in [5.74, 6) is -0.530. The van der Waals surface area contributed by atoms with Gasteiger partial charge in [0.05, 0.1) is 36.1 Å². The van der Waals surface area contributed by atoms with Gasteiger partial charge in [-0.1, -0.05) is 11.6 Å². The SMILES string of the molecule is COC(=O)c1ccc(NC(=O)NC[C@@H]2CN(C(C)=O)CCO2)c(Cl)c1. The number of methoxy groups -OCH3 is 1. The van der Waals surface area contributed by atoms with Crippen molar-refractivity contribution in [3.05, 3.63) is 28.8 Å². The van der Waals surface area contributed by atoms with Gasteiger partial charge in [-0.3, -0.25) is 4.79 Å². The maximum atomic E-state index is 12.0. The summed E-state index contributed by atoms with van der Waals surface area (Å²) in [6.07, 6.45) is -0.263. The van der Waals surface area contributed by atoms with Crippen LogP contribution in [0.25, 0.3) is 0 Å². The molecule has 2 rings (SSSR count). The molecule has 2 N–H and O–H groups in total. The Balaban J connectivity index is 1.86. The third-order valence-corrected chi connectivity index (χ3v) is 4.03. The van der Waals surface area contributed by atoms with Gasteiger partial charge in [0.25, 0.3) is 0 Å². The van der Waals surface area contributed by atoms with Gasteiger partial charge in [-0.25, -0.2) is 9.59 Å². The topological polar surface area (TPSA) is 97.0 Å². The van der Waals surface area contributed by atoms with E-state index >= 15 is 0 Å². The van der Waals surface area contributed by atoms with E-state index in [0.29, 0.717) is 30.9 Å². The summed E-state index contributed by atoms with van der Waals surface area (Å²) in [5, 5.41) is 5.49. The van der Waals surface area contributed by atoms with Crippen molar-refractivity contribution in [1.82, 2.24) is 10.2 Å². The minimum absolute atomic E-state index is 0.0183. The van der Waals surface area contributed by atoms with E-state index in [0.717, 1.165) is 0 Å². The molecule has 3 amide bonds. The highest BCUT2D eigenvalue weighted by molar-refractivity contribution is 6.34. The zero-order valence-corrected chi connectivity index (χ0v) is 14.8. The zero-order valence-electron chi connectivity index (χ0n) is 14.0. The van der Waals surface area contributed by atoms with E-state index in [1.165, 1.54) is 32.2 Å². The Morgan fingerprint density at radius 3 is 2.80 bits per heavy atom. The zero-order chi connectivity index (χ0) is 18.4. The Morgan fingerprint density at radius 1 is 1.40 bits per heavy atom. The molecule has 0 unspecified atom stereocenters. The molecule has 1 aliphatic heterocycles. The summed E-state index contributed by atoms with van der Waals surface area (Å²) < 4.78 is 10.1. The second kappa shape index (κ2) is 8.68. The summed E-state index contributed by atoms with van der Waals surface area (Å²) in [6.45, 7) is 3.19. The fourth-order valence-electron chi connectivity index (χ4n) is 2.36. The summed E-state index contributed by atoms with van der Waals surface area (Å²) in [6, 6.07) is 3.97. The lowest BCUT2D eigenvalue weighted by Gasteiger charge is -2.32. The van der Waals surface area contributed by atoms with Crippen molar-refractivity contribution >= 4 is 35.2 Å². The molecule has 1 atom stereocenters. The number of hydrogen-bond acceptors (Lipinski definition) is 5. The van der Waals surface area contributed by atoms with Crippen LogP contribution in [0, 0.1) is 0 Å². The van der Waals surface area contributed by atoms with Gasteiger partial charge in [-0.15, -0.1) is 0 Å². The van der Waals surface area contributed by atoms with E-state index < -0.39 is 12.0 Å². The van der Waals surface area contributed by atoms with E-state index in [1.807, 2.05) is 0 Å². The number of carbonyl (C=O) groups excluding carboxylic acids is 3. The number of rotatable bonds is 4. The predicted octanol–water partition coefficient (Wildman–Crippen LogP) is 1.50. The van der Waals surface area contributed by atoms with Crippen LogP contribution in [-0.4, -0.2) is 62.3 Å². The molecule has 0 spiro atoms. The lowest BCUT2D eigenvalue weighted by Crippen LogP contribution is -2.49. The fourth-order valence-corrected chi connectivity index (χ4v) is 2.59. The maximum Gasteiger partial charge on any atom is 0.337 e. The normalized spacial score (nSPS) is 16.9. The van der Waals surface area contributed by atoms with Crippen molar-refractivity contribution in [1.29, 1.82) is 0 Å². The third kappa shape index (κ3) is 5.33. The molecule has 1 fully saturated rings. The minimum atomic E-state index is -0.512. The lowest BCUT2D eigenvalue weighted by atomic mass is 10.2. The first-order valence-corrected chi connectivity index (χ1v) is 8.08. The highest BCUT2D eigenvalue weighted by atomic mass is 35.5. The number of halogens is 1. The number of esters is 1. The van der Waals surface area contributed by atoms with E-state index in [2.05, 4.69) is 15.4 Å². The molecule has 0 aromatic heterocycles. The first-order valence-electron chi connectivity index (χ1n) is 7.70. The number of ether oxygens (including phenoxy) is 2. The first kappa shape index (κ1) is 19.0. The molecule has 1 heterocycles. The standard InChI is InChI=1S/C16H20ClN3O5/c1-10(21)20-5-6-25-12(9-20)8-18-16(23)19-14-4-3-11(7-13(14)17)15(22)24-2/h3-4,7,12H,5-6,8-9H2,1-2H3,(H2,18,19,23)/t12-/m1/s1. The molecule has 136 valence electrons. The van der Waals surface area contributed by atoms with Crippen LogP contribution < -0.4 is 10.6 Å². The molecule has 1 aliphatic rings. The molecular weight excluding hydrogens is 350 g/mol. The highest BCUT2D eigenvalue weighted by Gasteiger charge is 2.22. The summed E-state index contributed by atoms with van der Waals surface area (Å²) >= 11 is 6.06. The van der Waals surface area contributed by atoms with Crippen LogP contribution >= 0.6 is 11.6 Å². The summed E-state index contributed by atoms with van der Waals surface area (Å²) in [4.78, 5) is 36.5. The highest BCUT2D eigenvalue weighted by Crippen LogP contribution is 2.23. The van der Waals surface area contributed by atoms with Gasteiger partial charge in [-0.2, -0.15) is 0 Å². The molecule has 25 heavy (non-hydrogen) atoms. The Morgan fingerprint density at radius 2 is 2.16 bits per heavy atom. The monoisotopic (exact) mass is 369 g/mol. The third-order valence-electron chi connectivity index (χ3n) is 3.71. The van der Waals surface area contributed by atoms with Crippen molar-refractivity contribution in [2.45, 2.75) is 13.0 Å². The second-order valence-corrected chi connectivity index (χ2v) is 5.89. The van der Waals surface area contributed by atoms with Gasteiger partial charge in [0.1, 0.15) is 0 Å². The van der Waals surface area contributed by atoms with Crippen LogP contribution in [0.2, 0.25) is 5.02 Å². The van der Waals surface area contributed by atoms with Gasteiger partial charge in [0, 0.05) is 26.6 Å². The van der Waals surface area contributed by atoms with E-state index in [9.17, 15) is 14.4 Å². The molecule has 0 aliphatic carbocycles. The summed E-state index contributed by atoms with van der Waals surface area (Å²) in [5.41, 5.74) is 0.653. The van der Waals surface area contributed by atoms with Crippen LogP contribution in [0.15, 0.2) is 18.2 Å². The van der Waals surface area contributed by atoms with Crippen molar-refractivity contribution in [2.75, 3.05) is 38.7 Å². The molecule has 0 saturated carbocycles. The molecule has 0 bridgehead atoms. The Hall–Kier alpha value is -2.32. The molecular formula is C16H20ClN3O5. The quantitative estimate of drug-likeness (QED) is 0.784. The average Bonchev–Trinajstić information content (AvgIpc) is 2.61. The number of nitrogens with zero attached hydrogens (tertiary/aromatic N) is 1. The number of amides is 3. The van der Waals surface area contributed by atoms with Crippen molar-refractivity contribution < 1.29 is 23.9 Å². The van der Waals surface area contributed by atoms with Crippen LogP contribution in [-0.2, 0) is 14.3 Å². The number of nitrogens with one attached hydrogen (secondary N) is 2. The van der Waals surface area contributed by atoms with Crippen molar-refractivity contribution in [2.24, 2.45) is 0 Å². The van der Waals surface area contributed by atoms with Gasteiger partial charge < -0.3 is 25.0 Å². The number of benzene rings is 1. The number of morpholine rings is 1. The average molecular weight is 370 g/mol. The van der Waals surface area contributed by atoms with Gasteiger partial charge >= 0.3 is 12.0 Å². The number of urea groups is 1. The van der Waals surface area contributed by atoms with Gasteiger partial charge in [0.15, 0.2) is 0 Å². The lowest BCUT2D eigenvalue weighted by molar-refractivity contribution is -0.136. The Bertz CT molecular complexity index is 667. The molecule has 0 radical (unpaired) electrons. The smallest absolute Gasteiger partial charge is 0.337 e. The Labute approximate surface area is 150 Å². The molecule has 1 aromatic rings. The van der Waals surface area contributed by atoms with Crippen LogP contribution in [0.5, 0.6) is 0 Å². The van der Waals surface area contributed by atoms with Crippen LogP contribution in [0.3, 0.4) is 0 Å². The number of carbonyl (C=O) groups is 3. The largest absolute Gasteiger partial charge is 0.465 e. The predicted molar refractivity (Wildman–Crippen MR) is 91.8 cm³/mol. The van der Waals surface area contributed by atoms with Crippen LogP contribution in [0.1, 0.15) is 17.3 Å². The second-order valence-electron chi connectivity index (χ2n) is 5.48. The van der Waals surface area contributed by atoms with E-state index in [-0.39, 0.29) is 23.6 Å². The fraction of sp³-hybridized carbons (Fsp3) is 0.438. The molecule has 8 nitrogen and oxygen atoms in total. The number of anilines is 1. The van der Waals surface area contributed by atoms with Gasteiger partial charge in [0.2, 0.25) is 5.91 Å². The Kier molecular flexibility index (Phi) is 6.60. The first-order chi connectivity index (χ1) is 11.9. The minimum Gasteiger partial charge on any atom is -0.465 e. The van der Waals surface area contributed by atoms with E-state index in [4.69, 9.17) is 16.3 Å². The molecule has 1 saturated heterocycles.